The standard InChI is InChI=1S/C11H16FNO2/c1-7-6-8(2-3-9(7)12)11(15)10(14)4-5-13/h2-3,6,10-11,14-15H,4-5,13H2,1H3. The molecule has 0 aromatic heterocycles. The lowest BCUT2D eigenvalue weighted by Gasteiger charge is -2.17. The molecule has 0 saturated carbocycles. The summed E-state index contributed by atoms with van der Waals surface area (Å²) in [5.74, 6) is -0.320. The van der Waals surface area contributed by atoms with Crippen molar-refractivity contribution in [2.24, 2.45) is 5.73 Å². The summed E-state index contributed by atoms with van der Waals surface area (Å²) in [5.41, 5.74) is 6.23. The minimum Gasteiger partial charge on any atom is -0.390 e. The topological polar surface area (TPSA) is 66.5 Å². The van der Waals surface area contributed by atoms with Crippen LogP contribution in [0.25, 0.3) is 0 Å². The lowest BCUT2D eigenvalue weighted by molar-refractivity contribution is 0.0149. The molecule has 84 valence electrons. The fourth-order valence-corrected chi connectivity index (χ4v) is 1.40. The molecule has 0 aliphatic carbocycles. The van der Waals surface area contributed by atoms with Crippen LogP contribution in [0.5, 0.6) is 0 Å². The van der Waals surface area contributed by atoms with E-state index in [1.807, 2.05) is 0 Å². The maximum atomic E-state index is 12.9. The highest BCUT2D eigenvalue weighted by atomic mass is 19.1. The van der Waals surface area contributed by atoms with Gasteiger partial charge >= 0.3 is 0 Å². The predicted octanol–water partition coefficient (Wildman–Crippen LogP) is 0.877. The Morgan fingerprint density at radius 2 is 2.07 bits per heavy atom. The first-order valence-corrected chi connectivity index (χ1v) is 4.88. The molecular weight excluding hydrogens is 197 g/mol. The Kier molecular flexibility index (Phi) is 4.20. The molecule has 3 nitrogen and oxygen atoms in total. The van der Waals surface area contributed by atoms with Crippen LogP contribution in [-0.2, 0) is 0 Å². The van der Waals surface area contributed by atoms with Crippen molar-refractivity contribution in [3.8, 4) is 0 Å². The summed E-state index contributed by atoms with van der Waals surface area (Å²) in [6.45, 7) is 1.92. The maximum absolute atomic E-state index is 12.9. The van der Waals surface area contributed by atoms with E-state index in [1.54, 1.807) is 6.92 Å². The van der Waals surface area contributed by atoms with Gasteiger partial charge in [0, 0.05) is 0 Å². The zero-order chi connectivity index (χ0) is 11.4. The van der Waals surface area contributed by atoms with E-state index in [4.69, 9.17) is 5.73 Å². The van der Waals surface area contributed by atoms with Gasteiger partial charge in [-0.15, -0.1) is 0 Å². The smallest absolute Gasteiger partial charge is 0.126 e. The van der Waals surface area contributed by atoms with Crippen LogP contribution >= 0.6 is 0 Å². The highest BCUT2D eigenvalue weighted by molar-refractivity contribution is 5.26. The first-order valence-electron chi connectivity index (χ1n) is 4.88. The van der Waals surface area contributed by atoms with Crippen LogP contribution in [0.2, 0.25) is 0 Å². The minimum absolute atomic E-state index is 0.304. The first-order chi connectivity index (χ1) is 7.06. The molecule has 0 aliphatic rings. The lowest BCUT2D eigenvalue weighted by Crippen LogP contribution is -2.21. The molecule has 1 aromatic carbocycles. The summed E-state index contributed by atoms with van der Waals surface area (Å²) in [4.78, 5) is 0. The average Bonchev–Trinajstić information content (AvgIpc) is 2.21. The highest BCUT2D eigenvalue weighted by Gasteiger charge is 2.17. The summed E-state index contributed by atoms with van der Waals surface area (Å²) in [6, 6.07) is 4.27. The van der Waals surface area contributed by atoms with Crippen LogP contribution in [0, 0.1) is 12.7 Å². The quantitative estimate of drug-likeness (QED) is 0.695. The van der Waals surface area contributed by atoms with Gasteiger partial charge in [0.25, 0.3) is 0 Å². The van der Waals surface area contributed by atoms with Crippen molar-refractivity contribution in [2.45, 2.75) is 25.6 Å². The third-order valence-electron chi connectivity index (χ3n) is 2.35. The minimum atomic E-state index is -1.01. The van der Waals surface area contributed by atoms with E-state index in [2.05, 4.69) is 0 Å². The van der Waals surface area contributed by atoms with Crippen LogP contribution in [0.4, 0.5) is 4.39 Å². The van der Waals surface area contributed by atoms with Crippen molar-refractivity contribution in [1.82, 2.24) is 0 Å². The van der Waals surface area contributed by atoms with E-state index < -0.39 is 12.2 Å². The Hall–Kier alpha value is -0.970. The second-order valence-electron chi connectivity index (χ2n) is 3.60. The Morgan fingerprint density at radius 3 is 2.60 bits per heavy atom. The molecule has 4 N–H and O–H groups in total. The molecule has 0 heterocycles. The number of rotatable bonds is 4. The number of benzene rings is 1. The monoisotopic (exact) mass is 213 g/mol. The van der Waals surface area contributed by atoms with Gasteiger partial charge < -0.3 is 15.9 Å². The second-order valence-corrected chi connectivity index (χ2v) is 3.60. The SMILES string of the molecule is Cc1cc(C(O)C(O)CCN)ccc1F. The summed E-state index contributed by atoms with van der Waals surface area (Å²) >= 11 is 0. The van der Waals surface area contributed by atoms with E-state index in [1.165, 1.54) is 18.2 Å². The van der Waals surface area contributed by atoms with Gasteiger partial charge in [0.2, 0.25) is 0 Å². The number of aryl methyl sites for hydroxylation is 1. The number of aliphatic hydroxyl groups is 2. The molecule has 15 heavy (non-hydrogen) atoms. The molecule has 0 spiro atoms. The third-order valence-corrected chi connectivity index (χ3v) is 2.35. The van der Waals surface area contributed by atoms with Crippen molar-refractivity contribution in [2.75, 3.05) is 6.54 Å². The van der Waals surface area contributed by atoms with Crippen LogP contribution < -0.4 is 5.73 Å². The van der Waals surface area contributed by atoms with Gasteiger partial charge in [-0.2, -0.15) is 0 Å². The van der Waals surface area contributed by atoms with Gasteiger partial charge in [0.05, 0.1) is 6.10 Å². The van der Waals surface area contributed by atoms with E-state index >= 15 is 0 Å². The van der Waals surface area contributed by atoms with Gasteiger partial charge in [-0.1, -0.05) is 12.1 Å². The predicted molar refractivity (Wildman–Crippen MR) is 55.8 cm³/mol. The van der Waals surface area contributed by atoms with Gasteiger partial charge in [0.15, 0.2) is 0 Å². The number of nitrogens with two attached hydrogens (primary N) is 1. The molecule has 4 heteroatoms. The van der Waals surface area contributed by atoms with Gasteiger partial charge in [-0.3, -0.25) is 0 Å². The highest BCUT2D eigenvalue weighted by Crippen LogP contribution is 2.20. The Labute approximate surface area is 88.4 Å². The zero-order valence-corrected chi connectivity index (χ0v) is 8.65. The third kappa shape index (κ3) is 2.99. The fraction of sp³-hybridized carbons (Fsp3) is 0.455. The maximum Gasteiger partial charge on any atom is 0.126 e. The van der Waals surface area contributed by atoms with E-state index in [-0.39, 0.29) is 5.82 Å². The van der Waals surface area contributed by atoms with Gasteiger partial charge in [-0.25, -0.2) is 4.39 Å². The van der Waals surface area contributed by atoms with Crippen molar-refractivity contribution < 1.29 is 14.6 Å². The number of hydrogen-bond acceptors (Lipinski definition) is 3. The molecule has 0 aliphatic heterocycles. The fourth-order valence-electron chi connectivity index (χ4n) is 1.40. The molecule has 0 fully saturated rings. The molecule has 0 saturated heterocycles. The first kappa shape index (κ1) is 12.1. The molecule has 1 aromatic rings. The van der Waals surface area contributed by atoms with Crippen LogP contribution in [0.1, 0.15) is 23.7 Å². The summed E-state index contributed by atoms with van der Waals surface area (Å²) in [6.07, 6.45) is -1.59. The Morgan fingerprint density at radius 1 is 1.40 bits per heavy atom. The average molecular weight is 213 g/mol. The second kappa shape index (κ2) is 5.21. The van der Waals surface area contributed by atoms with E-state index in [0.29, 0.717) is 24.1 Å². The number of aliphatic hydroxyl groups excluding tert-OH is 2. The Balaban J connectivity index is 2.81. The molecule has 0 amide bonds. The lowest BCUT2D eigenvalue weighted by atomic mass is 10.0. The molecule has 2 unspecified atom stereocenters. The van der Waals surface area contributed by atoms with E-state index in [0.717, 1.165) is 0 Å². The summed E-state index contributed by atoms with van der Waals surface area (Å²) in [5, 5.41) is 19.2. The van der Waals surface area contributed by atoms with Crippen molar-refractivity contribution in [3.63, 3.8) is 0 Å². The van der Waals surface area contributed by atoms with Crippen molar-refractivity contribution in [3.05, 3.63) is 35.1 Å². The van der Waals surface area contributed by atoms with Gasteiger partial charge in [-0.05, 0) is 37.1 Å². The molecule has 1 rings (SSSR count). The normalized spacial score (nSPS) is 15.0. The Bertz CT molecular complexity index is 330. The van der Waals surface area contributed by atoms with E-state index in [9.17, 15) is 14.6 Å². The summed E-state index contributed by atoms with van der Waals surface area (Å²) < 4.78 is 12.9. The molecule has 0 radical (unpaired) electrons. The van der Waals surface area contributed by atoms with Crippen molar-refractivity contribution in [1.29, 1.82) is 0 Å². The largest absolute Gasteiger partial charge is 0.390 e. The van der Waals surface area contributed by atoms with Crippen molar-refractivity contribution >= 4 is 0 Å². The number of halogens is 1. The molecular formula is C11H16FNO2. The van der Waals surface area contributed by atoms with Gasteiger partial charge in [0.1, 0.15) is 11.9 Å². The van der Waals surface area contributed by atoms with Crippen LogP contribution in [-0.4, -0.2) is 22.9 Å². The van der Waals surface area contributed by atoms with Crippen LogP contribution in [0.15, 0.2) is 18.2 Å². The molecule has 0 bridgehead atoms. The number of hydrogen-bond donors (Lipinski definition) is 3. The zero-order valence-electron chi connectivity index (χ0n) is 8.65. The molecule has 2 atom stereocenters. The summed E-state index contributed by atoms with van der Waals surface area (Å²) in [7, 11) is 0. The van der Waals surface area contributed by atoms with Crippen LogP contribution in [0.3, 0.4) is 0 Å².